The van der Waals surface area contributed by atoms with E-state index in [4.69, 9.17) is 16.3 Å². The lowest BCUT2D eigenvalue weighted by molar-refractivity contribution is 0.215. The third kappa shape index (κ3) is 3.02. The molecule has 0 spiro atoms. The lowest BCUT2D eigenvalue weighted by Crippen LogP contribution is -2.24. The molecule has 0 saturated heterocycles. The molecule has 92 valence electrons. The molecule has 0 amide bonds. The molecule has 1 heterocycles. The van der Waals surface area contributed by atoms with Crippen LogP contribution < -0.4 is 5.32 Å². The average Bonchev–Trinajstić information content (AvgIpc) is 2.85. The Bertz CT molecular complexity index is 403. The molecule has 0 fully saturated rings. The van der Waals surface area contributed by atoms with E-state index in [0.29, 0.717) is 0 Å². The van der Waals surface area contributed by atoms with E-state index < -0.39 is 0 Å². The number of ether oxygens (including phenoxy) is 1. The van der Waals surface area contributed by atoms with Gasteiger partial charge in [0.15, 0.2) is 0 Å². The summed E-state index contributed by atoms with van der Waals surface area (Å²) in [5.74, 6) is 1.01. The van der Waals surface area contributed by atoms with E-state index in [-0.39, 0.29) is 6.04 Å². The zero-order valence-electron chi connectivity index (χ0n) is 10.1. The summed E-state index contributed by atoms with van der Waals surface area (Å²) in [6.07, 6.45) is 4.23. The first-order valence-electron chi connectivity index (χ1n) is 6.13. The van der Waals surface area contributed by atoms with Crippen LogP contribution in [0.1, 0.15) is 31.4 Å². The van der Waals surface area contributed by atoms with Crippen molar-refractivity contribution in [3.8, 4) is 0 Å². The highest BCUT2D eigenvalue weighted by atomic mass is 35.5. The van der Waals surface area contributed by atoms with Crippen molar-refractivity contribution in [3.05, 3.63) is 46.7 Å². The van der Waals surface area contributed by atoms with Crippen LogP contribution >= 0.6 is 11.6 Å². The van der Waals surface area contributed by atoms with Gasteiger partial charge in [0.25, 0.3) is 0 Å². The van der Waals surface area contributed by atoms with Gasteiger partial charge in [0, 0.05) is 11.4 Å². The second kappa shape index (κ2) is 6.08. The number of hydrogen-bond donors (Lipinski definition) is 1. The monoisotopic (exact) mass is 251 g/mol. The van der Waals surface area contributed by atoms with Crippen molar-refractivity contribution in [3.63, 3.8) is 0 Å². The van der Waals surface area contributed by atoms with Crippen molar-refractivity contribution >= 4 is 11.6 Å². The van der Waals surface area contributed by atoms with Gasteiger partial charge in [0.05, 0.1) is 12.6 Å². The summed E-state index contributed by atoms with van der Waals surface area (Å²) in [5, 5.41) is 4.28. The molecule has 2 nitrogen and oxygen atoms in total. The van der Waals surface area contributed by atoms with E-state index in [0.717, 1.165) is 42.3 Å². The van der Waals surface area contributed by atoms with Gasteiger partial charge in [-0.3, -0.25) is 0 Å². The zero-order chi connectivity index (χ0) is 12.1. The quantitative estimate of drug-likeness (QED) is 0.862. The maximum atomic E-state index is 6.25. The Labute approximate surface area is 108 Å². The molecule has 0 aliphatic carbocycles. The van der Waals surface area contributed by atoms with Crippen molar-refractivity contribution in [1.29, 1.82) is 0 Å². The molecule has 1 aliphatic heterocycles. The van der Waals surface area contributed by atoms with Gasteiger partial charge in [0.1, 0.15) is 5.76 Å². The van der Waals surface area contributed by atoms with E-state index in [1.807, 2.05) is 18.2 Å². The van der Waals surface area contributed by atoms with Gasteiger partial charge < -0.3 is 10.1 Å². The minimum absolute atomic E-state index is 0.0890. The highest BCUT2D eigenvalue weighted by molar-refractivity contribution is 6.31. The molecule has 1 unspecified atom stereocenters. The average molecular weight is 252 g/mol. The van der Waals surface area contributed by atoms with E-state index in [1.165, 1.54) is 0 Å². The molecular weight excluding hydrogens is 234 g/mol. The summed E-state index contributed by atoms with van der Waals surface area (Å²) < 4.78 is 5.66. The Kier molecular flexibility index (Phi) is 4.46. The lowest BCUT2D eigenvalue weighted by Gasteiger charge is -2.21. The van der Waals surface area contributed by atoms with Crippen LogP contribution in [0.2, 0.25) is 5.02 Å². The molecule has 2 rings (SSSR count). The van der Waals surface area contributed by atoms with Crippen molar-refractivity contribution in [1.82, 2.24) is 5.32 Å². The topological polar surface area (TPSA) is 21.3 Å². The number of benzene rings is 1. The number of rotatable bonds is 5. The van der Waals surface area contributed by atoms with Crippen LogP contribution in [0.25, 0.3) is 0 Å². The molecule has 1 atom stereocenters. The third-order valence-corrected chi connectivity index (χ3v) is 3.18. The second-order valence-electron chi connectivity index (χ2n) is 4.15. The first-order valence-corrected chi connectivity index (χ1v) is 6.51. The Morgan fingerprint density at radius 1 is 1.41 bits per heavy atom. The summed E-state index contributed by atoms with van der Waals surface area (Å²) in [5.41, 5.74) is 1.09. The van der Waals surface area contributed by atoms with Crippen LogP contribution in [-0.4, -0.2) is 13.2 Å². The Morgan fingerprint density at radius 2 is 2.24 bits per heavy atom. The number of halogens is 1. The Balaban J connectivity index is 2.23. The van der Waals surface area contributed by atoms with Crippen LogP contribution in [0, 0.1) is 0 Å². The summed E-state index contributed by atoms with van der Waals surface area (Å²) >= 11 is 6.25. The largest absolute Gasteiger partial charge is 0.496 e. The Morgan fingerprint density at radius 3 is 2.88 bits per heavy atom. The summed E-state index contributed by atoms with van der Waals surface area (Å²) in [7, 11) is 0. The van der Waals surface area contributed by atoms with E-state index >= 15 is 0 Å². The summed E-state index contributed by atoms with van der Waals surface area (Å²) in [6, 6.07) is 8.03. The van der Waals surface area contributed by atoms with Crippen LogP contribution in [0.3, 0.4) is 0 Å². The normalized spacial score (nSPS) is 16.5. The van der Waals surface area contributed by atoms with Crippen molar-refractivity contribution in [2.75, 3.05) is 13.2 Å². The van der Waals surface area contributed by atoms with Gasteiger partial charge in [-0.2, -0.15) is 0 Å². The van der Waals surface area contributed by atoms with Crippen molar-refractivity contribution in [2.45, 2.75) is 25.8 Å². The molecule has 0 saturated carbocycles. The van der Waals surface area contributed by atoms with Gasteiger partial charge in [-0.25, -0.2) is 0 Å². The van der Waals surface area contributed by atoms with E-state index in [2.05, 4.69) is 24.4 Å². The fourth-order valence-electron chi connectivity index (χ4n) is 2.00. The first kappa shape index (κ1) is 12.5. The smallest absolute Gasteiger partial charge is 0.114 e. The van der Waals surface area contributed by atoms with Crippen molar-refractivity contribution < 1.29 is 4.74 Å². The number of nitrogens with one attached hydrogen (secondary N) is 1. The zero-order valence-corrected chi connectivity index (χ0v) is 10.8. The Hall–Kier alpha value is -0.990. The van der Waals surface area contributed by atoms with Gasteiger partial charge in [-0.15, -0.1) is 0 Å². The van der Waals surface area contributed by atoms with Crippen LogP contribution in [0.15, 0.2) is 36.1 Å². The minimum atomic E-state index is 0.0890. The molecule has 17 heavy (non-hydrogen) atoms. The van der Waals surface area contributed by atoms with E-state index in [9.17, 15) is 0 Å². The molecule has 1 N–H and O–H groups in total. The highest BCUT2D eigenvalue weighted by Crippen LogP contribution is 2.30. The summed E-state index contributed by atoms with van der Waals surface area (Å²) in [4.78, 5) is 0. The first-order chi connectivity index (χ1) is 8.33. The van der Waals surface area contributed by atoms with E-state index in [1.54, 1.807) is 0 Å². The van der Waals surface area contributed by atoms with Crippen LogP contribution in [0.5, 0.6) is 0 Å². The standard InChI is InChI=1S/C14H18ClNO/c1-2-9-16-14(13-8-5-10-17-13)11-6-3-4-7-12(11)15/h3-4,6-8,14,16H,2,5,9-10H2,1H3. The summed E-state index contributed by atoms with van der Waals surface area (Å²) in [6.45, 7) is 3.89. The highest BCUT2D eigenvalue weighted by Gasteiger charge is 2.21. The maximum absolute atomic E-state index is 6.25. The molecule has 1 aromatic rings. The molecule has 0 aromatic heterocycles. The molecule has 0 radical (unpaired) electrons. The fourth-order valence-corrected chi connectivity index (χ4v) is 2.24. The molecule has 0 bridgehead atoms. The molecule has 1 aliphatic rings. The van der Waals surface area contributed by atoms with Crippen LogP contribution in [0.4, 0.5) is 0 Å². The predicted octanol–water partition coefficient (Wildman–Crippen LogP) is 3.68. The molecule has 1 aromatic carbocycles. The lowest BCUT2D eigenvalue weighted by atomic mass is 10.0. The number of hydrogen-bond acceptors (Lipinski definition) is 2. The fraction of sp³-hybridized carbons (Fsp3) is 0.429. The van der Waals surface area contributed by atoms with Gasteiger partial charge >= 0.3 is 0 Å². The van der Waals surface area contributed by atoms with Gasteiger partial charge in [0.2, 0.25) is 0 Å². The van der Waals surface area contributed by atoms with Crippen LogP contribution in [-0.2, 0) is 4.74 Å². The molecular formula is C14H18ClNO. The molecule has 3 heteroatoms. The SMILES string of the molecule is CCCNC(C1=CCCO1)c1ccccc1Cl. The van der Waals surface area contributed by atoms with Crippen molar-refractivity contribution in [2.24, 2.45) is 0 Å². The van der Waals surface area contributed by atoms with Gasteiger partial charge in [-0.05, 0) is 30.7 Å². The minimum Gasteiger partial charge on any atom is -0.496 e. The third-order valence-electron chi connectivity index (χ3n) is 2.83. The second-order valence-corrected chi connectivity index (χ2v) is 4.56. The maximum Gasteiger partial charge on any atom is 0.114 e. The van der Waals surface area contributed by atoms with Gasteiger partial charge in [-0.1, -0.05) is 36.7 Å². The predicted molar refractivity (Wildman–Crippen MR) is 71.1 cm³/mol.